The van der Waals surface area contributed by atoms with Gasteiger partial charge in [0.05, 0.1) is 18.0 Å². The molecule has 2 rings (SSSR count). The fraction of sp³-hybridized carbons (Fsp3) is 0.333. The summed E-state index contributed by atoms with van der Waals surface area (Å²) in [7, 11) is 0. The molecule has 0 saturated heterocycles. The van der Waals surface area contributed by atoms with Gasteiger partial charge in [-0.1, -0.05) is 13.8 Å². The fourth-order valence-corrected chi connectivity index (χ4v) is 1.73. The molecule has 4 heteroatoms. The molecule has 0 unspecified atom stereocenters. The quantitative estimate of drug-likeness (QED) is 0.894. The van der Waals surface area contributed by atoms with Crippen molar-refractivity contribution < 1.29 is 4.74 Å². The lowest BCUT2D eigenvalue weighted by molar-refractivity contribution is 0.271. The van der Waals surface area contributed by atoms with E-state index in [-0.39, 0.29) is 0 Å². The molecular formula is C15H19N3O. The van der Waals surface area contributed by atoms with Crippen molar-refractivity contribution in [3.05, 3.63) is 42.4 Å². The second kappa shape index (κ2) is 6.29. The maximum absolute atomic E-state index is 5.67. The van der Waals surface area contributed by atoms with E-state index in [2.05, 4.69) is 23.8 Å². The van der Waals surface area contributed by atoms with Crippen LogP contribution in [-0.4, -0.2) is 16.6 Å². The number of aromatic nitrogens is 2. The van der Waals surface area contributed by atoms with Gasteiger partial charge in [0.2, 0.25) is 0 Å². The lowest BCUT2D eigenvalue weighted by Gasteiger charge is -2.10. The second-order valence-corrected chi connectivity index (χ2v) is 4.78. The average molecular weight is 257 g/mol. The van der Waals surface area contributed by atoms with Gasteiger partial charge in [-0.25, -0.2) is 0 Å². The summed E-state index contributed by atoms with van der Waals surface area (Å²) in [5.41, 5.74) is 8.31. The van der Waals surface area contributed by atoms with Crippen molar-refractivity contribution in [2.45, 2.75) is 20.4 Å². The van der Waals surface area contributed by atoms with Crippen LogP contribution in [0.3, 0.4) is 0 Å². The predicted octanol–water partition coefficient (Wildman–Crippen LogP) is 2.64. The maximum atomic E-state index is 5.67. The molecule has 0 spiro atoms. The van der Waals surface area contributed by atoms with Crippen LogP contribution in [-0.2, 0) is 6.54 Å². The van der Waals surface area contributed by atoms with Crippen LogP contribution in [0.1, 0.15) is 19.5 Å². The molecule has 0 radical (unpaired) electrons. The Morgan fingerprint density at radius 1 is 1.11 bits per heavy atom. The summed E-state index contributed by atoms with van der Waals surface area (Å²) in [4.78, 5) is 8.58. The summed E-state index contributed by atoms with van der Waals surface area (Å²) < 4.78 is 5.65. The molecule has 2 aromatic rings. The Morgan fingerprint density at radius 2 is 1.79 bits per heavy atom. The zero-order valence-electron chi connectivity index (χ0n) is 11.3. The van der Waals surface area contributed by atoms with Gasteiger partial charge in [0.25, 0.3) is 0 Å². The topological polar surface area (TPSA) is 61.0 Å². The van der Waals surface area contributed by atoms with Crippen LogP contribution >= 0.6 is 0 Å². The third kappa shape index (κ3) is 3.51. The van der Waals surface area contributed by atoms with Crippen LogP contribution in [0.25, 0.3) is 11.3 Å². The van der Waals surface area contributed by atoms with E-state index in [0.717, 1.165) is 29.3 Å². The van der Waals surface area contributed by atoms with Crippen molar-refractivity contribution >= 4 is 0 Å². The van der Waals surface area contributed by atoms with Gasteiger partial charge in [0.1, 0.15) is 5.75 Å². The Hall–Kier alpha value is -1.94. The van der Waals surface area contributed by atoms with Crippen LogP contribution in [0.15, 0.2) is 36.7 Å². The first-order valence-electron chi connectivity index (χ1n) is 6.44. The lowest BCUT2D eigenvalue weighted by atomic mass is 10.1. The highest BCUT2D eigenvalue weighted by Gasteiger charge is 2.06. The molecule has 100 valence electrons. The van der Waals surface area contributed by atoms with Crippen molar-refractivity contribution in [3.8, 4) is 17.0 Å². The molecule has 19 heavy (non-hydrogen) atoms. The number of benzene rings is 1. The van der Waals surface area contributed by atoms with Crippen LogP contribution in [0.2, 0.25) is 0 Å². The molecule has 0 fully saturated rings. The van der Waals surface area contributed by atoms with Crippen LogP contribution in [0, 0.1) is 5.92 Å². The van der Waals surface area contributed by atoms with Crippen molar-refractivity contribution in [3.63, 3.8) is 0 Å². The molecule has 0 aliphatic carbocycles. The molecule has 0 aliphatic rings. The van der Waals surface area contributed by atoms with Crippen molar-refractivity contribution in [1.29, 1.82) is 0 Å². The molecule has 0 amide bonds. The van der Waals surface area contributed by atoms with Crippen molar-refractivity contribution in [1.82, 2.24) is 9.97 Å². The summed E-state index contributed by atoms with van der Waals surface area (Å²) >= 11 is 0. The van der Waals surface area contributed by atoms with Gasteiger partial charge in [0, 0.05) is 24.5 Å². The third-order valence-electron chi connectivity index (χ3n) is 2.68. The van der Waals surface area contributed by atoms with Gasteiger partial charge < -0.3 is 10.5 Å². The Bertz CT molecular complexity index is 523. The van der Waals surface area contributed by atoms with Gasteiger partial charge >= 0.3 is 0 Å². The van der Waals surface area contributed by atoms with Gasteiger partial charge in [-0.3, -0.25) is 9.97 Å². The maximum Gasteiger partial charge on any atom is 0.119 e. The number of hydrogen-bond acceptors (Lipinski definition) is 4. The number of nitrogens with zero attached hydrogens (tertiary/aromatic N) is 2. The third-order valence-corrected chi connectivity index (χ3v) is 2.68. The Morgan fingerprint density at radius 3 is 2.42 bits per heavy atom. The Balaban J connectivity index is 2.18. The zero-order valence-corrected chi connectivity index (χ0v) is 11.3. The minimum atomic E-state index is 0.384. The highest BCUT2D eigenvalue weighted by Crippen LogP contribution is 2.22. The number of hydrogen-bond donors (Lipinski definition) is 1. The van der Waals surface area contributed by atoms with Crippen LogP contribution in [0.5, 0.6) is 5.75 Å². The summed E-state index contributed by atoms with van der Waals surface area (Å²) in [6.07, 6.45) is 3.34. The molecule has 0 saturated carbocycles. The summed E-state index contributed by atoms with van der Waals surface area (Å²) in [5, 5.41) is 0. The fourth-order valence-electron chi connectivity index (χ4n) is 1.73. The van der Waals surface area contributed by atoms with Crippen LogP contribution < -0.4 is 10.5 Å². The summed E-state index contributed by atoms with van der Waals surface area (Å²) in [6, 6.07) is 7.87. The molecule has 0 aliphatic heterocycles. The van der Waals surface area contributed by atoms with E-state index in [1.165, 1.54) is 0 Å². The Labute approximate surface area is 113 Å². The number of ether oxygens (including phenoxy) is 1. The second-order valence-electron chi connectivity index (χ2n) is 4.78. The van der Waals surface area contributed by atoms with E-state index >= 15 is 0 Å². The Kier molecular flexibility index (Phi) is 4.47. The molecular weight excluding hydrogens is 238 g/mol. The first kappa shape index (κ1) is 13.5. The smallest absolute Gasteiger partial charge is 0.119 e. The van der Waals surface area contributed by atoms with Crippen molar-refractivity contribution in [2.24, 2.45) is 11.7 Å². The summed E-state index contributed by atoms with van der Waals surface area (Å²) in [5.74, 6) is 1.39. The van der Waals surface area contributed by atoms with E-state index in [0.29, 0.717) is 12.5 Å². The normalized spacial score (nSPS) is 10.7. The summed E-state index contributed by atoms with van der Waals surface area (Å²) in [6.45, 7) is 5.36. The predicted molar refractivity (Wildman–Crippen MR) is 75.7 cm³/mol. The molecule has 1 aromatic carbocycles. The standard InChI is InChI=1S/C15H19N3O/c1-11(2)10-19-13-5-3-12(4-6-13)15-14(9-16)17-7-8-18-15/h3-8,11H,9-10,16H2,1-2H3. The monoisotopic (exact) mass is 257 g/mol. The zero-order chi connectivity index (χ0) is 13.7. The average Bonchev–Trinajstić information content (AvgIpc) is 2.45. The first-order valence-corrected chi connectivity index (χ1v) is 6.44. The van der Waals surface area contributed by atoms with Crippen LogP contribution in [0.4, 0.5) is 0 Å². The first-order chi connectivity index (χ1) is 9.20. The van der Waals surface area contributed by atoms with E-state index in [9.17, 15) is 0 Å². The van der Waals surface area contributed by atoms with Gasteiger partial charge in [-0.15, -0.1) is 0 Å². The van der Waals surface area contributed by atoms with E-state index in [1.54, 1.807) is 12.4 Å². The minimum absolute atomic E-state index is 0.384. The van der Waals surface area contributed by atoms with Gasteiger partial charge in [0.15, 0.2) is 0 Å². The van der Waals surface area contributed by atoms with Gasteiger partial charge in [-0.05, 0) is 30.2 Å². The molecule has 1 aromatic heterocycles. The highest BCUT2D eigenvalue weighted by molar-refractivity contribution is 5.62. The van der Waals surface area contributed by atoms with E-state index < -0.39 is 0 Å². The number of nitrogens with two attached hydrogens (primary N) is 1. The molecule has 0 atom stereocenters. The minimum Gasteiger partial charge on any atom is -0.493 e. The molecule has 4 nitrogen and oxygen atoms in total. The lowest BCUT2D eigenvalue weighted by Crippen LogP contribution is -2.05. The van der Waals surface area contributed by atoms with E-state index in [4.69, 9.17) is 10.5 Å². The SMILES string of the molecule is CC(C)COc1ccc(-c2nccnc2CN)cc1. The number of rotatable bonds is 5. The molecule has 1 heterocycles. The van der Waals surface area contributed by atoms with Crippen molar-refractivity contribution in [2.75, 3.05) is 6.61 Å². The largest absolute Gasteiger partial charge is 0.493 e. The highest BCUT2D eigenvalue weighted by atomic mass is 16.5. The molecule has 2 N–H and O–H groups in total. The molecule has 0 bridgehead atoms. The van der Waals surface area contributed by atoms with Gasteiger partial charge in [-0.2, -0.15) is 0 Å². The van der Waals surface area contributed by atoms with E-state index in [1.807, 2.05) is 24.3 Å².